The van der Waals surface area contributed by atoms with Gasteiger partial charge < -0.3 is 19.5 Å². The van der Waals surface area contributed by atoms with Gasteiger partial charge in [0.2, 0.25) is 0 Å². The summed E-state index contributed by atoms with van der Waals surface area (Å²) in [5.41, 5.74) is 2.00. The van der Waals surface area contributed by atoms with E-state index in [1.807, 2.05) is 11.4 Å². The highest BCUT2D eigenvalue weighted by atomic mass is 32.1. The number of thiophene rings is 1. The third-order valence-corrected chi connectivity index (χ3v) is 5.93. The second-order valence-electron chi connectivity index (χ2n) is 7.36. The van der Waals surface area contributed by atoms with Gasteiger partial charge in [-0.15, -0.1) is 16.4 Å². The molecule has 0 aliphatic carbocycles. The normalized spacial score (nSPS) is 16.5. The van der Waals surface area contributed by atoms with Gasteiger partial charge in [-0.25, -0.2) is 9.97 Å². The molecular formula is C18H25N5O3S. The summed E-state index contributed by atoms with van der Waals surface area (Å²) in [6, 6.07) is 0. The standard InChI is InChI=1S/C18H25N5O3S/c1-10-20-17-15(11-6-18(2,3)26-9-12(11)27-17)16-21-13(22-23(10)16)7-19-8-14(24-4)25-5/h14,19H,6-9H2,1-5H3. The minimum Gasteiger partial charge on any atom is -0.370 e. The van der Waals surface area contributed by atoms with Gasteiger partial charge in [-0.3, -0.25) is 0 Å². The molecule has 1 N–H and O–H groups in total. The maximum Gasteiger partial charge on any atom is 0.169 e. The predicted molar refractivity (Wildman–Crippen MR) is 103 cm³/mol. The van der Waals surface area contributed by atoms with Gasteiger partial charge in [0, 0.05) is 32.1 Å². The number of nitrogens with one attached hydrogen (secondary N) is 1. The first-order valence-electron chi connectivity index (χ1n) is 8.98. The van der Waals surface area contributed by atoms with Crippen LogP contribution in [0.3, 0.4) is 0 Å². The number of rotatable bonds is 6. The Kier molecular flexibility index (Phi) is 4.89. The third kappa shape index (κ3) is 3.45. The zero-order chi connectivity index (χ0) is 19.2. The molecule has 0 fully saturated rings. The van der Waals surface area contributed by atoms with E-state index in [-0.39, 0.29) is 11.9 Å². The molecule has 0 amide bonds. The second kappa shape index (κ2) is 7.06. The lowest BCUT2D eigenvalue weighted by molar-refractivity contribution is -0.0989. The van der Waals surface area contributed by atoms with Crippen LogP contribution in [0, 0.1) is 6.92 Å². The van der Waals surface area contributed by atoms with Gasteiger partial charge >= 0.3 is 0 Å². The average molecular weight is 391 g/mol. The summed E-state index contributed by atoms with van der Waals surface area (Å²) in [4.78, 5) is 11.8. The number of fused-ring (bicyclic) bond motifs is 5. The van der Waals surface area contributed by atoms with Crippen molar-refractivity contribution < 1.29 is 14.2 Å². The Hall–Kier alpha value is -1.65. The second-order valence-corrected chi connectivity index (χ2v) is 8.45. The third-order valence-electron chi connectivity index (χ3n) is 4.83. The molecule has 0 radical (unpaired) electrons. The van der Waals surface area contributed by atoms with Crippen LogP contribution in [0.4, 0.5) is 0 Å². The van der Waals surface area contributed by atoms with Crippen LogP contribution in [0.5, 0.6) is 0 Å². The molecule has 146 valence electrons. The summed E-state index contributed by atoms with van der Waals surface area (Å²) < 4.78 is 18.2. The van der Waals surface area contributed by atoms with Gasteiger partial charge in [-0.2, -0.15) is 4.52 Å². The van der Waals surface area contributed by atoms with Crippen molar-refractivity contribution in [2.24, 2.45) is 0 Å². The molecule has 3 aromatic heterocycles. The van der Waals surface area contributed by atoms with Crippen LogP contribution < -0.4 is 5.32 Å². The fraction of sp³-hybridized carbons (Fsp3) is 0.611. The predicted octanol–water partition coefficient (Wildman–Crippen LogP) is 2.21. The summed E-state index contributed by atoms with van der Waals surface area (Å²) in [6.07, 6.45) is 0.565. The van der Waals surface area contributed by atoms with E-state index in [0.29, 0.717) is 19.7 Å². The monoisotopic (exact) mass is 391 g/mol. The molecular weight excluding hydrogens is 366 g/mol. The zero-order valence-corrected chi connectivity index (χ0v) is 17.1. The molecule has 0 saturated carbocycles. The van der Waals surface area contributed by atoms with E-state index >= 15 is 0 Å². The van der Waals surface area contributed by atoms with E-state index in [9.17, 15) is 0 Å². The van der Waals surface area contributed by atoms with Gasteiger partial charge in [-0.05, 0) is 26.3 Å². The molecule has 1 aliphatic heterocycles. The Balaban J connectivity index is 1.71. The molecule has 8 nitrogen and oxygen atoms in total. The molecule has 3 aromatic rings. The van der Waals surface area contributed by atoms with E-state index in [1.165, 1.54) is 10.4 Å². The van der Waals surface area contributed by atoms with Gasteiger partial charge in [0.25, 0.3) is 0 Å². The van der Waals surface area contributed by atoms with Crippen LogP contribution >= 0.6 is 11.3 Å². The first-order valence-corrected chi connectivity index (χ1v) is 9.80. The number of aryl methyl sites for hydroxylation is 1. The Bertz CT molecular complexity index is 977. The largest absolute Gasteiger partial charge is 0.370 e. The number of aromatic nitrogens is 4. The molecule has 0 atom stereocenters. The molecule has 27 heavy (non-hydrogen) atoms. The molecule has 0 spiro atoms. The first-order chi connectivity index (χ1) is 12.9. The maximum atomic E-state index is 5.97. The minimum absolute atomic E-state index is 0.178. The van der Waals surface area contributed by atoms with Crippen molar-refractivity contribution in [2.45, 2.75) is 52.2 Å². The topological polar surface area (TPSA) is 82.8 Å². The van der Waals surface area contributed by atoms with E-state index in [0.717, 1.165) is 33.9 Å². The van der Waals surface area contributed by atoms with E-state index < -0.39 is 0 Å². The van der Waals surface area contributed by atoms with Crippen molar-refractivity contribution in [2.75, 3.05) is 20.8 Å². The van der Waals surface area contributed by atoms with Crippen LogP contribution in [0.2, 0.25) is 0 Å². The molecule has 4 rings (SSSR count). The van der Waals surface area contributed by atoms with Crippen molar-refractivity contribution in [3.8, 4) is 0 Å². The Morgan fingerprint density at radius 1 is 1.30 bits per heavy atom. The highest BCUT2D eigenvalue weighted by molar-refractivity contribution is 7.19. The van der Waals surface area contributed by atoms with Crippen molar-refractivity contribution >= 4 is 27.2 Å². The van der Waals surface area contributed by atoms with Crippen LogP contribution in [0.15, 0.2) is 0 Å². The summed E-state index contributed by atoms with van der Waals surface area (Å²) in [5.74, 6) is 1.56. The highest BCUT2D eigenvalue weighted by Crippen LogP contribution is 2.39. The fourth-order valence-corrected chi connectivity index (χ4v) is 4.57. The smallest absolute Gasteiger partial charge is 0.169 e. The van der Waals surface area contributed by atoms with Crippen LogP contribution in [0.25, 0.3) is 15.9 Å². The van der Waals surface area contributed by atoms with Crippen molar-refractivity contribution in [1.82, 2.24) is 24.9 Å². The molecule has 4 heterocycles. The average Bonchev–Trinajstić information content (AvgIpc) is 3.19. The lowest BCUT2D eigenvalue weighted by Gasteiger charge is -2.30. The quantitative estimate of drug-likeness (QED) is 0.645. The lowest BCUT2D eigenvalue weighted by Crippen LogP contribution is -2.31. The molecule has 0 bridgehead atoms. The van der Waals surface area contributed by atoms with Crippen molar-refractivity contribution in [3.05, 3.63) is 22.1 Å². The number of methoxy groups -OCH3 is 2. The fourth-order valence-electron chi connectivity index (χ4n) is 3.42. The molecule has 0 aromatic carbocycles. The summed E-state index contributed by atoms with van der Waals surface area (Å²) in [5, 5.41) is 9.04. The Morgan fingerprint density at radius 3 is 2.81 bits per heavy atom. The number of nitrogens with zero attached hydrogens (tertiary/aromatic N) is 4. The number of hydrogen-bond donors (Lipinski definition) is 1. The molecule has 9 heteroatoms. The summed E-state index contributed by atoms with van der Waals surface area (Å²) in [7, 11) is 3.24. The zero-order valence-electron chi connectivity index (χ0n) is 16.3. The Labute approximate surface area is 161 Å². The maximum absolute atomic E-state index is 5.97. The lowest BCUT2D eigenvalue weighted by atomic mass is 9.94. The number of hydrogen-bond acceptors (Lipinski definition) is 8. The van der Waals surface area contributed by atoms with Crippen molar-refractivity contribution in [1.29, 1.82) is 0 Å². The highest BCUT2D eigenvalue weighted by Gasteiger charge is 2.31. The Morgan fingerprint density at radius 2 is 2.07 bits per heavy atom. The van der Waals surface area contributed by atoms with E-state index in [2.05, 4.69) is 24.3 Å². The van der Waals surface area contributed by atoms with Crippen LogP contribution in [-0.4, -0.2) is 52.2 Å². The van der Waals surface area contributed by atoms with Gasteiger partial charge in [0.1, 0.15) is 10.7 Å². The van der Waals surface area contributed by atoms with Crippen molar-refractivity contribution in [3.63, 3.8) is 0 Å². The van der Waals surface area contributed by atoms with Crippen LogP contribution in [0.1, 0.15) is 35.9 Å². The molecule has 0 unspecified atom stereocenters. The van der Waals surface area contributed by atoms with Gasteiger partial charge in [0.05, 0.1) is 24.1 Å². The number of ether oxygens (including phenoxy) is 3. The minimum atomic E-state index is -0.289. The van der Waals surface area contributed by atoms with E-state index in [4.69, 9.17) is 24.2 Å². The summed E-state index contributed by atoms with van der Waals surface area (Å²) >= 11 is 1.70. The summed E-state index contributed by atoms with van der Waals surface area (Å²) in [6.45, 7) is 7.94. The van der Waals surface area contributed by atoms with Gasteiger partial charge in [-0.1, -0.05) is 0 Å². The van der Waals surface area contributed by atoms with Gasteiger partial charge in [0.15, 0.2) is 17.8 Å². The molecule has 0 saturated heterocycles. The SMILES string of the molecule is COC(CNCc1nc2c3c4c(sc3nc(C)n2n1)COC(C)(C)C4)OC. The van der Waals surface area contributed by atoms with E-state index in [1.54, 1.807) is 25.6 Å². The first kappa shape index (κ1) is 18.7. The van der Waals surface area contributed by atoms with Crippen LogP contribution in [-0.2, 0) is 33.8 Å². The molecule has 1 aliphatic rings.